The lowest BCUT2D eigenvalue weighted by molar-refractivity contribution is 1.07. The van der Waals surface area contributed by atoms with E-state index in [4.69, 9.17) is 24.9 Å². The summed E-state index contributed by atoms with van der Waals surface area (Å²) in [5, 5.41) is 1.13. The molecule has 0 radical (unpaired) electrons. The van der Waals surface area contributed by atoms with E-state index in [-0.39, 0.29) is 0 Å². The maximum atomic E-state index is 5.10. The first-order valence-corrected chi connectivity index (χ1v) is 14.2. The molecule has 0 aliphatic heterocycles. The molecule has 8 aromatic rings. The van der Waals surface area contributed by atoms with Gasteiger partial charge in [0.15, 0.2) is 17.5 Å². The normalized spacial score (nSPS) is 11.4. The third-order valence-corrected chi connectivity index (χ3v) is 8.22. The van der Waals surface area contributed by atoms with Crippen LogP contribution in [0.4, 0.5) is 0 Å². The lowest BCUT2D eigenvalue weighted by Gasteiger charge is -2.10. The maximum Gasteiger partial charge on any atom is 0.166 e. The molecule has 0 aliphatic rings. The monoisotopic (exact) mass is 543 g/mol. The lowest BCUT2D eigenvalue weighted by atomic mass is 10.0. The highest BCUT2D eigenvalue weighted by molar-refractivity contribution is 7.25. The summed E-state index contributed by atoms with van der Waals surface area (Å²) in [6, 6.07) is 43.0. The summed E-state index contributed by atoms with van der Waals surface area (Å²) in [6.07, 6.45) is 0. The molecule has 5 aromatic carbocycles. The Labute approximate surface area is 239 Å². The summed E-state index contributed by atoms with van der Waals surface area (Å²) in [5.74, 6) is 1.80. The van der Waals surface area contributed by atoms with Crippen LogP contribution < -0.4 is 0 Å². The van der Waals surface area contributed by atoms with Crippen LogP contribution in [0.25, 0.3) is 76.8 Å². The van der Waals surface area contributed by atoms with E-state index in [1.54, 1.807) is 11.3 Å². The molecule has 5 nitrogen and oxygen atoms in total. The van der Waals surface area contributed by atoms with Crippen molar-refractivity contribution >= 4 is 42.8 Å². The van der Waals surface area contributed by atoms with Crippen molar-refractivity contribution in [3.63, 3.8) is 0 Å². The van der Waals surface area contributed by atoms with E-state index in [0.29, 0.717) is 17.5 Å². The van der Waals surface area contributed by atoms with Gasteiger partial charge in [-0.2, -0.15) is 0 Å². The van der Waals surface area contributed by atoms with Gasteiger partial charge < -0.3 is 0 Å². The van der Waals surface area contributed by atoms with Gasteiger partial charge in [0.05, 0.1) is 5.52 Å². The minimum atomic E-state index is 0.571. The molecular weight excluding hydrogens is 522 g/mol. The predicted octanol–water partition coefficient (Wildman–Crippen LogP) is 8.85. The molecule has 0 amide bonds. The lowest BCUT2D eigenvalue weighted by Crippen LogP contribution is -2.01. The van der Waals surface area contributed by atoms with Gasteiger partial charge in [-0.15, -0.1) is 11.3 Å². The molecule has 6 heteroatoms. The number of aromatic nitrogens is 5. The molecule has 8 rings (SSSR count). The van der Waals surface area contributed by atoms with Crippen LogP contribution in [0.15, 0.2) is 127 Å². The Bertz CT molecular complexity index is 2190. The minimum Gasteiger partial charge on any atom is -0.243 e. The van der Waals surface area contributed by atoms with Gasteiger partial charge in [0.1, 0.15) is 15.9 Å². The second-order valence-corrected chi connectivity index (χ2v) is 10.8. The third kappa shape index (κ3) is 4.22. The fourth-order valence-electron chi connectivity index (χ4n) is 5.13. The van der Waals surface area contributed by atoms with E-state index in [0.717, 1.165) is 49.0 Å². The quantitative estimate of drug-likeness (QED) is 0.222. The summed E-state index contributed by atoms with van der Waals surface area (Å²) < 4.78 is 1.17. The zero-order valence-corrected chi connectivity index (χ0v) is 22.6. The van der Waals surface area contributed by atoms with Crippen molar-refractivity contribution in [2.45, 2.75) is 0 Å². The van der Waals surface area contributed by atoms with Crippen molar-refractivity contribution in [3.8, 4) is 45.3 Å². The number of thiophene rings is 1. The van der Waals surface area contributed by atoms with Crippen LogP contribution in [0.3, 0.4) is 0 Å². The van der Waals surface area contributed by atoms with Crippen LogP contribution in [0, 0.1) is 0 Å². The van der Waals surface area contributed by atoms with Crippen molar-refractivity contribution < 1.29 is 0 Å². The molecule has 0 unspecified atom stereocenters. The van der Waals surface area contributed by atoms with Gasteiger partial charge in [-0.25, -0.2) is 24.9 Å². The summed E-state index contributed by atoms with van der Waals surface area (Å²) in [4.78, 5) is 25.9. The molecule has 0 aliphatic carbocycles. The molecule has 0 atom stereocenters. The van der Waals surface area contributed by atoms with Gasteiger partial charge in [-0.3, -0.25) is 0 Å². The average molecular weight is 544 g/mol. The molecule has 0 spiro atoms. The molecule has 3 aromatic heterocycles. The Morgan fingerprint density at radius 3 is 1.73 bits per heavy atom. The van der Waals surface area contributed by atoms with E-state index in [2.05, 4.69) is 48.5 Å². The van der Waals surface area contributed by atoms with Crippen molar-refractivity contribution in [1.82, 2.24) is 24.9 Å². The maximum absolute atomic E-state index is 5.10. The standard InChI is InChI=1S/C35H21N5S/c1-3-10-22(11-4-1)23-18-20-25(21-19-23)33-38-32(24-12-5-2-6-13-24)39-34(40-33)27-15-9-16-28-30(27)37-35-31(36-28)26-14-7-8-17-29(26)41-35/h1-21H. The van der Waals surface area contributed by atoms with Crippen LogP contribution in [0.1, 0.15) is 0 Å². The number of rotatable bonds is 4. The summed E-state index contributed by atoms with van der Waals surface area (Å²) in [6.45, 7) is 0. The first kappa shape index (κ1) is 23.5. The van der Waals surface area contributed by atoms with E-state index in [9.17, 15) is 0 Å². The average Bonchev–Trinajstić information content (AvgIpc) is 3.41. The Morgan fingerprint density at radius 1 is 0.390 bits per heavy atom. The third-order valence-electron chi connectivity index (χ3n) is 7.17. The van der Waals surface area contributed by atoms with Crippen LogP contribution >= 0.6 is 11.3 Å². The Hall–Kier alpha value is -5.33. The molecule has 0 fully saturated rings. The molecular formula is C35H21N5S. The molecule has 41 heavy (non-hydrogen) atoms. The van der Waals surface area contributed by atoms with Crippen molar-refractivity contribution in [3.05, 3.63) is 127 Å². The van der Waals surface area contributed by atoms with Gasteiger partial charge in [0.2, 0.25) is 0 Å². The minimum absolute atomic E-state index is 0.571. The molecule has 192 valence electrons. The molecule has 0 saturated carbocycles. The number of para-hydroxylation sites is 1. The second-order valence-electron chi connectivity index (χ2n) is 9.76. The number of hydrogen-bond donors (Lipinski definition) is 0. The highest BCUT2D eigenvalue weighted by Gasteiger charge is 2.17. The number of nitrogens with zero attached hydrogens (tertiary/aromatic N) is 5. The SMILES string of the molecule is c1ccc(-c2ccc(-c3nc(-c4ccccc4)nc(-c4cccc5nc6c(nc45)sc4ccccc46)n3)cc2)cc1. The fourth-order valence-corrected chi connectivity index (χ4v) is 6.15. The largest absolute Gasteiger partial charge is 0.243 e. The van der Waals surface area contributed by atoms with Gasteiger partial charge in [0.25, 0.3) is 0 Å². The zero-order valence-electron chi connectivity index (χ0n) is 21.8. The van der Waals surface area contributed by atoms with E-state index < -0.39 is 0 Å². The van der Waals surface area contributed by atoms with Crippen LogP contribution in [0.5, 0.6) is 0 Å². The van der Waals surface area contributed by atoms with Gasteiger partial charge >= 0.3 is 0 Å². The van der Waals surface area contributed by atoms with Gasteiger partial charge in [0, 0.05) is 26.8 Å². The van der Waals surface area contributed by atoms with Gasteiger partial charge in [-0.1, -0.05) is 109 Å². The first-order chi connectivity index (χ1) is 20.3. The fraction of sp³-hybridized carbons (Fsp3) is 0. The predicted molar refractivity (Wildman–Crippen MR) is 168 cm³/mol. The van der Waals surface area contributed by atoms with E-state index in [1.165, 1.54) is 10.3 Å². The number of fused-ring (bicyclic) bond motifs is 4. The Balaban J connectivity index is 1.32. The zero-order chi connectivity index (χ0) is 27.2. The first-order valence-electron chi connectivity index (χ1n) is 13.4. The van der Waals surface area contributed by atoms with Crippen LogP contribution in [-0.2, 0) is 0 Å². The summed E-state index contributed by atoms with van der Waals surface area (Å²) in [7, 11) is 0. The topological polar surface area (TPSA) is 64.5 Å². The second kappa shape index (κ2) is 9.70. The summed E-state index contributed by atoms with van der Waals surface area (Å²) in [5.41, 5.74) is 7.51. The molecule has 0 N–H and O–H groups in total. The van der Waals surface area contributed by atoms with Crippen molar-refractivity contribution in [1.29, 1.82) is 0 Å². The summed E-state index contributed by atoms with van der Waals surface area (Å²) >= 11 is 1.65. The highest BCUT2D eigenvalue weighted by atomic mass is 32.1. The molecule has 3 heterocycles. The van der Waals surface area contributed by atoms with Crippen molar-refractivity contribution in [2.75, 3.05) is 0 Å². The van der Waals surface area contributed by atoms with E-state index in [1.807, 2.05) is 78.9 Å². The smallest absolute Gasteiger partial charge is 0.166 e. The number of benzene rings is 5. The molecule has 0 saturated heterocycles. The van der Waals surface area contributed by atoms with Gasteiger partial charge in [-0.05, 0) is 29.3 Å². The molecule has 0 bridgehead atoms. The van der Waals surface area contributed by atoms with Crippen molar-refractivity contribution in [2.24, 2.45) is 0 Å². The number of hydrogen-bond acceptors (Lipinski definition) is 6. The van der Waals surface area contributed by atoms with Crippen LogP contribution in [-0.4, -0.2) is 24.9 Å². The Morgan fingerprint density at radius 2 is 0.976 bits per heavy atom. The van der Waals surface area contributed by atoms with Crippen LogP contribution in [0.2, 0.25) is 0 Å². The highest BCUT2D eigenvalue weighted by Crippen LogP contribution is 2.35. The van der Waals surface area contributed by atoms with E-state index >= 15 is 0 Å². The Kier molecular flexibility index (Phi) is 5.57.